The van der Waals surface area contributed by atoms with E-state index in [1.807, 2.05) is 46.8 Å². The van der Waals surface area contributed by atoms with Crippen LogP contribution in [0.25, 0.3) is 22.0 Å². The highest BCUT2D eigenvalue weighted by Gasteiger charge is 2.37. The second kappa shape index (κ2) is 13.1. The van der Waals surface area contributed by atoms with E-state index in [4.69, 9.17) is 24.2 Å². The van der Waals surface area contributed by atoms with Crippen molar-refractivity contribution in [3.8, 4) is 22.6 Å². The van der Waals surface area contributed by atoms with Crippen molar-refractivity contribution in [1.29, 1.82) is 0 Å². The number of carbonyl (C=O) groups is 1. The molecule has 2 aliphatic rings. The van der Waals surface area contributed by atoms with Gasteiger partial charge in [-0.2, -0.15) is 0 Å². The Balaban J connectivity index is 1.43. The molecule has 2 aromatic carbocycles. The molecule has 0 spiro atoms. The van der Waals surface area contributed by atoms with Crippen LogP contribution in [-0.2, 0) is 22.5 Å². The first-order valence-electron chi connectivity index (χ1n) is 17.1. The summed E-state index contributed by atoms with van der Waals surface area (Å²) in [6, 6.07) is 10.5. The van der Waals surface area contributed by atoms with Crippen LogP contribution < -0.4 is 19.3 Å². The van der Waals surface area contributed by atoms with Gasteiger partial charge in [-0.1, -0.05) is 32.0 Å². The number of ether oxygens (including phenoxy) is 3. The standard InChI is InChI=1S/C39H49N5O5/c1-23-32(34(43-16-13-39(6,7)14-17-43)33(24(2)42-23)35(37(45)46)49-38(3,4)5)26-10-11-27-21-44(15-12-25(27)18-26)36-28-19-30(47-8)31(48-9)20-29(28)40-22-41-36/h10-11,18-20,22,35H,12-17,21H2,1-9H3,(H,45,46)/t35-/m0/s1. The molecule has 2 aliphatic heterocycles. The van der Waals surface area contributed by atoms with Crippen molar-refractivity contribution in [2.75, 3.05) is 43.7 Å². The van der Waals surface area contributed by atoms with E-state index in [1.165, 1.54) is 11.1 Å². The third-order valence-corrected chi connectivity index (χ3v) is 9.90. The maximum atomic E-state index is 12.9. The summed E-state index contributed by atoms with van der Waals surface area (Å²) in [5.41, 5.74) is 8.04. The fraction of sp³-hybridized carbons (Fsp3) is 0.487. The fourth-order valence-corrected chi connectivity index (χ4v) is 7.27. The number of carboxylic acid groups (broad SMARTS) is 1. The smallest absolute Gasteiger partial charge is 0.337 e. The van der Waals surface area contributed by atoms with Crippen LogP contribution >= 0.6 is 0 Å². The van der Waals surface area contributed by atoms with E-state index in [9.17, 15) is 9.90 Å². The van der Waals surface area contributed by atoms with Crippen LogP contribution in [0.15, 0.2) is 36.7 Å². The fourth-order valence-electron chi connectivity index (χ4n) is 7.27. The van der Waals surface area contributed by atoms with Crippen molar-refractivity contribution in [2.45, 2.75) is 86.0 Å². The summed E-state index contributed by atoms with van der Waals surface area (Å²) in [4.78, 5) is 31.7. The zero-order chi connectivity index (χ0) is 35.2. The maximum Gasteiger partial charge on any atom is 0.337 e. The van der Waals surface area contributed by atoms with E-state index in [0.717, 1.165) is 78.1 Å². The van der Waals surface area contributed by atoms with Crippen LogP contribution in [0.4, 0.5) is 11.5 Å². The number of anilines is 2. The second-order valence-corrected chi connectivity index (χ2v) is 15.1. The number of carboxylic acids is 1. The monoisotopic (exact) mass is 667 g/mol. The molecule has 0 amide bonds. The van der Waals surface area contributed by atoms with Gasteiger partial charge in [0, 0.05) is 60.1 Å². The summed E-state index contributed by atoms with van der Waals surface area (Å²) in [6.45, 7) is 17.4. The molecule has 0 bridgehead atoms. The largest absolute Gasteiger partial charge is 0.493 e. The second-order valence-electron chi connectivity index (χ2n) is 15.1. The highest BCUT2D eigenvalue weighted by atomic mass is 16.5. The topological polar surface area (TPSA) is 110 Å². The SMILES string of the molecule is COc1cc2ncnc(N3CCc4cc(-c5c(C)nc(C)c([C@H](OC(C)(C)C)C(=O)O)c5N5CCC(C)(C)CC5)ccc4C3)c2cc1OC. The molecule has 1 N–H and O–H groups in total. The summed E-state index contributed by atoms with van der Waals surface area (Å²) in [5.74, 6) is 1.12. The van der Waals surface area contributed by atoms with Gasteiger partial charge in [0.15, 0.2) is 17.6 Å². The van der Waals surface area contributed by atoms with E-state index in [2.05, 4.69) is 46.8 Å². The number of aryl methyl sites for hydroxylation is 2. The lowest BCUT2D eigenvalue weighted by Crippen LogP contribution is -2.39. The van der Waals surface area contributed by atoms with Crippen LogP contribution in [-0.4, -0.2) is 65.5 Å². The van der Waals surface area contributed by atoms with Crippen LogP contribution in [0, 0.1) is 19.3 Å². The molecule has 1 fully saturated rings. The van der Waals surface area contributed by atoms with Gasteiger partial charge in [0.05, 0.1) is 31.0 Å². The Hall–Kier alpha value is -4.44. The van der Waals surface area contributed by atoms with Crippen LogP contribution in [0.5, 0.6) is 11.5 Å². The van der Waals surface area contributed by atoms with Gasteiger partial charge in [-0.15, -0.1) is 0 Å². The van der Waals surface area contributed by atoms with Crippen molar-refractivity contribution in [3.63, 3.8) is 0 Å². The highest BCUT2D eigenvalue weighted by Crippen LogP contribution is 2.45. The average Bonchev–Trinajstić information content (AvgIpc) is 3.05. The molecule has 10 nitrogen and oxygen atoms in total. The van der Waals surface area contributed by atoms with Crippen LogP contribution in [0.3, 0.4) is 0 Å². The molecule has 2 aromatic heterocycles. The van der Waals surface area contributed by atoms with Crippen LogP contribution in [0.1, 0.15) is 81.6 Å². The summed E-state index contributed by atoms with van der Waals surface area (Å²) in [7, 11) is 3.25. The number of aliphatic carboxylic acids is 1. The molecule has 1 saturated heterocycles. The summed E-state index contributed by atoms with van der Waals surface area (Å²) >= 11 is 0. The molecular formula is C39H49N5O5. The van der Waals surface area contributed by atoms with E-state index in [0.29, 0.717) is 29.3 Å². The minimum atomic E-state index is -1.15. The number of rotatable bonds is 8. The van der Waals surface area contributed by atoms with Gasteiger partial charge in [-0.3, -0.25) is 4.98 Å². The molecule has 6 rings (SSSR count). The lowest BCUT2D eigenvalue weighted by molar-refractivity contribution is -0.160. The van der Waals surface area contributed by atoms with Crippen LogP contribution in [0.2, 0.25) is 0 Å². The zero-order valence-corrected chi connectivity index (χ0v) is 30.3. The van der Waals surface area contributed by atoms with Gasteiger partial charge in [-0.05, 0) is 82.1 Å². The van der Waals surface area contributed by atoms with Crippen molar-refractivity contribution in [1.82, 2.24) is 15.0 Å². The Morgan fingerprint density at radius 2 is 1.61 bits per heavy atom. The Labute approximate surface area is 289 Å². The number of benzene rings is 2. The van der Waals surface area contributed by atoms with Gasteiger partial charge < -0.3 is 29.1 Å². The van der Waals surface area contributed by atoms with Gasteiger partial charge in [0.2, 0.25) is 0 Å². The number of aromatic nitrogens is 3. The normalized spacial score (nSPS) is 16.8. The first-order chi connectivity index (χ1) is 23.2. The molecule has 4 heterocycles. The van der Waals surface area contributed by atoms with E-state index in [1.54, 1.807) is 20.5 Å². The van der Waals surface area contributed by atoms with Gasteiger partial charge in [0.25, 0.3) is 0 Å². The first-order valence-corrected chi connectivity index (χ1v) is 17.1. The lowest BCUT2D eigenvalue weighted by atomic mass is 9.81. The van der Waals surface area contributed by atoms with Gasteiger partial charge >= 0.3 is 5.97 Å². The van der Waals surface area contributed by atoms with Gasteiger partial charge in [0.1, 0.15) is 12.1 Å². The molecule has 0 saturated carbocycles. The first kappa shape index (κ1) is 34.4. The van der Waals surface area contributed by atoms with E-state index in [-0.39, 0.29) is 5.41 Å². The number of nitrogens with zero attached hydrogens (tertiary/aromatic N) is 5. The van der Waals surface area contributed by atoms with Crippen molar-refractivity contribution < 1.29 is 24.1 Å². The number of hydrogen-bond acceptors (Lipinski definition) is 9. The summed E-state index contributed by atoms with van der Waals surface area (Å²) in [6.07, 6.45) is 3.31. The third kappa shape index (κ3) is 6.88. The lowest BCUT2D eigenvalue weighted by Gasteiger charge is -2.41. The maximum absolute atomic E-state index is 12.9. The molecule has 0 radical (unpaired) electrons. The number of fused-ring (bicyclic) bond motifs is 2. The minimum Gasteiger partial charge on any atom is -0.493 e. The number of methoxy groups -OCH3 is 2. The Morgan fingerprint density at radius 1 is 0.918 bits per heavy atom. The zero-order valence-electron chi connectivity index (χ0n) is 30.3. The minimum absolute atomic E-state index is 0.228. The predicted octanol–water partition coefficient (Wildman–Crippen LogP) is 7.46. The van der Waals surface area contributed by atoms with E-state index < -0.39 is 17.7 Å². The Morgan fingerprint density at radius 3 is 2.27 bits per heavy atom. The van der Waals surface area contributed by atoms with E-state index >= 15 is 0 Å². The molecule has 0 aliphatic carbocycles. The molecule has 1 atom stereocenters. The summed E-state index contributed by atoms with van der Waals surface area (Å²) < 4.78 is 17.4. The third-order valence-electron chi connectivity index (χ3n) is 9.90. The molecule has 10 heteroatoms. The molecule has 260 valence electrons. The molecule has 0 unspecified atom stereocenters. The van der Waals surface area contributed by atoms with Crippen molar-refractivity contribution >= 4 is 28.4 Å². The van der Waals surface area contributed by atoms with Crippen molar-refractivity contribution in [3.05, 3.63) is 64.7 Å². The summed E-state index contributed by atoms with van der Waals surface area (Å²) in [5, 5.41) is 11.5. The van der Waals surface area contributed by atoms with Crippen molar-refractivity contribution in [2.24, 2.45) is 5.41 Å². The molecular weight excluding hydrogens is 618 g/mol. The molecule has 4 aromatic rings. The quantitative estimate of drug-likeness (QED) is 0.203. The Kier molecular flexibility index (Phi) is 9.21. The Bertz CT molecular complexity index is 1890. The average molecular weight is 668 g/mol. The van der Waals surface area contributed by atoms with Gasteiger partial charge in [-0.25, -0.2) is 14.8 Å². The highest BCUT2D eigenvalue weighted by molar-refractivity contribution is 5.92. The number of hydrogen-bond donors (Lipinski definition) is 1. The number of piperidine rings is 1. The predicted molar refractivity (Wildman–Crippen MR) is 193 cm³/mol. The molecule has 49 heavy (non-hydrogen) atoms. The number of pyridine rings is 1.